The fourth-order valence-electron chi connectivity index (χ4n) is 2.39. The second-order valence-corrected chi connectivity index (χ2v) is 4.68. The van der Waals surface area contributed by atoms with Gasteiger partial charge in [-0.3, -0.25) is 0 Å². The number of nitrogens with one attached hydrogen (secondary N) is 1. The van der Waals surface area contributed by atoms with Crippen molar-refractivity contribution in [3.8, 4) is 0 Å². The molecular weight excluding hydrogens is 224 g/mol. The Morgan fingerprint density at radius 1 is 1.19 bits per heavy atom. The summed E-state index contributed by atoms with van der Waals surface area (Å²) in [6.07, 6.45) is 7.81. The van der Waals surface area contributed by atoms with Crippen LogP contribution in [0.5, 0.6) is 0 Å². The monoisotopic (exact) mass is 236 g/mol. The highest BCUT2D eigenvalue weighted by Crippen LogP contribution is 2.32. The molecule has 1 fully saturated rings. The summed E-state index contributed by atoms with van der Waals surface area (Å²) in [6, 6.07) is 0. The number of imidazole rings is 1. The number of rotatable bonds is 1. The van der Waals surface area contributed by atoms with Crippen LogP contribution in [0.1, 0.15) is 43.8 Å². The molecule has 0 aromatic carbocycles. The van der Waals surface area contributed by atoms with Crippen LogP contribution in [0, 0.1) is 0 Å². The molecule has 0 saturated heterocycles. The molecule has 1 saturated carbocycles. The van der Waals surface area contributed by atoms with Gasteiger partial charge in [0.1, 0.15) is 17.7 Å². The zero-order valence-electron chi connectivity index (χ0n) is 8.91. The van der Waals surface area contributed by atoms with Gasteiger partial charge >= 0.3 is 0 Å². The second-order valence-electron chi connectivity index (χ2n) is 4.32. The summed E-state index contributed by atoms with van der Waals surface area (Å²) >= 11 is 5.99. The zero-order chi connectivity index (χ0) is 11.0. The van der Waals surface area contributed by atoms with E-state index in [4.69, 9.17) is 11.6 Å². The first kappa shape index (κ1) is 10.0. The summed E-state index contributed by atoms with van der Waals surface area (Å²) < 4.78 is 0. The number of halogens is 1. The SMILES string of the molecule is Clc1ncnc2nc(C3CCCCC3)[nH]c12. The van der Waals surface area contributed by atoms with E-state index in [0.717, 1.165) is 11.3 Å². The quantitative estimate of drug-likeness (QED) is 0.775. The number of aromatic amines is 1. The molecular formula is C11H13ClN4. The van der Waals surface area contributed by atoms with Crippen LogP contribution in [0.25, 0.3) is 11.2 Å². The van der Waals surface area contributed by atoms with E-state index in [-0.39, 0.29) is 0 Å². The lowest BCUT2D eigenvalue weighted by Gasteiger charge is -2.18. The molecule has 5 heteroatoms. The Labute approximate surface area is 98.5 Å². The van der Waals surface area contributed by atoms with E-state index < -0.39 is 0 Å². The second kappa shape index (κ2) is 4.01. The van der Waals surface area contributed by atoms with E-state index in [0.29, 0.717) is 16.7 Å². The predicted octanol–water partition coefficient (Wildman–Crippen LogP) is 3.05. The van der Waals surface area contributed by atoms with Crippen molar-refractivity contribution in [3.05, 3.63) is 17.3 Å². The minimum Gasteiger partial charge on any atom is -0.338 e. The predicted molar refractivity (Wildman–Crippen MR) is 62.5 cm³/mol. The molecule has 0 bridgehead atoms. The van der Waals surface area contributed by atoms with Crippen LogP contribution in [-0.2, 0) is 0 Å². The van der Waals surface area contributed by atoms with E-state index in [1.54, 1.807) is 0 Å². The molecule has 0 amide bonds. The number of aromatic nitrogens is 4. The zero-order valence-corrected chi connectivity index (χ0v) is 9.67. The molecule has 1 N–H and O–H groups in total. The minimum atomic E-state index is 0.458. The van der Waals surface area contributed by atoms with Crippen LogP contribution in [0.2, 0.25) is 5.15 Å². The average Bonchev–Trinajstić information content (AvgIpc) is 2.76. The lowest BCUT2D eigenvalue weighted by Crippen LogP contribution is -2.05. The van der Waals surface area contributed by atoms with Gasteiger partial charge in [-0.25, -0.2) is 15.0 Å². The maximum atomic E-state index is 5.99. The van der Waals surface area contributed by atoms with E-state index >= 15 is 0 Å². The van der Waals surface area contributed by atoms with Crippen molar-refractivity contribution in [2.45, 2.75) is 38.0 Å². The van der Waals surface area contributed by atoms with Crippen LogP contribution < -0.4 is 0 Å². The number of H-pyrrole nitrogens is 1. The highest BCUT2D eigenvalue weighted by molar-refractivity contribution is 6.33. The molecule has 3 rings (SSSR count). The van der Waals surface area contributed by atoms with Crippen LogP contribution in [0.4, 0.5) is 0 Å². The maximum Gasteiger partial charge on any atom is 0.182 e. The molecule has 0 aliphatic heterocycles. The standard InChI is InChI=1S/C11H13ClN4/c12-9-8-11(14-6-13-9)16-10(15-8)7-4-2-1-3-5-7/h6-7H,1-5H2,(H,13,14,15,16). The fourth-order valence-corrected chi connectivity index (χ4v) is 2.56. The van der Waals surface area contributed by atoms with Crippen LogP contribution in [0.3, 0.4) is 0 Å². The first-order valence-corrected chi connectivity index (χ1v) is 6.08. The summed E-state index contributed by atoms with van der Waals surface area (Å²) in [5, 5.41) is 0.458. The van der Waals surface area contributed by atoms with Gasteiger partial charge in [0.15, 0.2) is 10.8 Å². The molecule has 1 aliphatic rings. The Morgan fingerprint density at radius 2 is 2.00 bits per heavy atom. The van der Waals surface area contributed by atoms with Crippen molar-refractivity contribution in [1.82, 2.24) is 19.9 Å². The van der Waals surface area contributed by atoms with Gasteiger partial charge in [0, 0.05) is 5.92 Å². The van der Waals surface area contributed by atoms with Gasteiger partial charge < -0.3 is 4.98 Å². The summed E-state index contributed by atoms with van der Waals surface area (Å²) in [5.74, 6) is 1.57. The van der Waals surface area contributed by atoms with Gasteiger partial charge in [0.25, 0.3) is 0 Å². The van der Waals surface area contributed by atoms with Crippen LogP contribution in [0.15, 0.2) is 6.33 Å². The number of nitrogens with zero attached hydrogens (tertiary/aromatic N) is 3. The summed E-state index contributed by atoms with van der Waals surface area (Å²) in [4.78, 5) is 15.8. The van der Waals surface area contributed by atoms with Crippen molar-refractivity contribution in [3.63, 3.8) is 0 Å². The molecule has 2 aromatic rings. The Bertz CT molecular complexity index is 502. The molecule has 2 aromatic heterocycles. The third-order valence-corrected chi connectivity index (χ3v) is 3.54. The van der Waals surface area contributed by atoms with Crippen LogP contribution in [-0.4, -0.2) is 19.9 Å². The Morgan fingerprint density at radius 3 is 2.75 bits per heavy atom. The molecule has 0 atom stereocenters. The molecule has 0 unspecified atom stereocenters. The number of hydrogen-bond acceptors (Lipinski definition) is 3. The molecule has 84 valence electrons. The van der Waals surface area contributed by atoms with Gasteiger partial charge in [-0.15, -0.1) is 0 Å². The molecule has 1 aliphatic carbocycles. The normalized spacial score (nSPS) is 18.1. The third kappa shape index (κ3) is 1.67. The van der Waals surface area contributed by atoms with Gasteiger partial charge in [-0.05, 0) is 12.8 Å². The largest absolute Gasteiger partial charge is 0.338 e. The third-order valence-electron chi connectivity index (χ3n) is 3.25. The fraction of sp³-hybridized carbons (Fsp3) is 0.545. The molecule has 4 nitrogen and oxygen atoms in total. The van der Waals surface area contributed by atoms with Crippen molar-refractivity contribution >= 4 is 22.8 Å². The first-order chi connectivity index (χ1) is 7.84. The molecule has 0 radical (unpaired) electrons. The average molecular weight is 237 g/mol. The van der Waals surface area contributed by atoms with E-state index in [1.807, 2.05) is 0 Å². The van der Waals surface area contributed by atoms with E-state index in [9.17, 15) is 0 Å². The van der Waals surface area contributed by atoms with E-state index in [2.05, 4.69) is 19.9 Å². The smallest absolute Gasteiger partial charge is 0.182 e. The first-order valence-electron chi connectivity index (χ1n) is 5.70. The lowest BCUT2D eigenvalue weighted by atomic mass is 9.89. The van der Waals surface area contributed by atoms with Gasteiger partial charge in [0.05, 0.1) is 0 Å². The lowest BCUT2D eigenvalue weighted by molar-refractivity contribution is 0.431. The van der Waals surface area contributed by atoms with Crippen molar-refractivity contribution in [1.29, 1.82) is 0 Å². The topological polar surface area (TPSA) is 54.5 Å². The summed E-state index contributed by atoms with van der Waals surface area (Å²) in [5.41, 5.74) is 1.45. The maximum absolute atomic E-state index is 5.99. The highest BCUT2D eigenvalue weighted by atomic mass is 35.5. The Hall–Kier alpha value is -1.16. The number of fused-ring (bicyclic) bond motifs is 1. The Kier molecular flexibility index (Phi) is 2.52. The van der Waals surface area contributed by atoms with Crippen molar-refractivity contribution in [2.75, 3.05) is 0 Å². The molecule has 16 heavy (non-hydrogen) atoms. The molecule has 2 heterocycles. The van der Waals surface area contributed by atoms with Crippen LogP contribution >= 0.6 is 11.6 Å². The van der Waals surface area contributed by atoms with Crippen molar-refractivity contribution < 1.29 is 0 Å². The summed E-state index contributed by atoms with van der Waals surface area (Å²) in [7, 11) is 0. The van der Waals surface area contributed by atoms with Crippen molar-refractivity contribution in [2.24, 2.45) is 0 Å². The van der Waals surface area contributed by atoms with E-state index in [1.165, 1.54) is 38.4 Å². The summed E-state index contributed by atoms with van der Waals surface area (Å²) in [6.45, 7) is 0. The number of hydrogen-bond donors (Lipinski definition) is 1. The molecule has 0 spiro atoms. The van der Waals surface area contributed by atoms with Gasteiger partial charge in [0.2, 0.25) is 0 Å². The van der Waals surface area contributed by atoms with Gasteiger partial charge in [-0.1, -0.05) is 30.9 Å². The highest BCUT2D eigenvalue weighted by Gasteiger charge is 2.19. The Balaban J connectivity index is 2.01. The van der Waals surface area contributed by atoms with Gasteiger partial charge in [-0.2, -0.15) is 0 Å². The minimum absolute atomic E-state index is 0.458.